The van der Waals surface area contributed by atoms with Crippen molar-refractivity contribution in [3.05, 3.63) is 16.4 Å². The minimum absolute atomic E-state index is 0.201. The summed E-state index contributed by atoms with van der Waals surface area (Å²) in [6.07, 6.45) is 3.20. The first-order valence-corrected chi connectivity index (χ1v) is 8.01. The summed E-state index contributed by atoms with van der Waals surface area (Å²) in [5.41, 5.74) is 1.10. The molecule has 0 spiro atoms. The Kier molecular flexibility index (Phi) is 4.39. The summed E-state index contributed by atoms with van der Waals surface area (Å²) in [6, 6.07) is 0. The van der Waals surface area contributed by atoms with Gasteiger partial charge in [-0.25, -0.2) is 14.8 Å². The second-order valence-corrected chi connectivity index (χ2v) is 7.43. The number of aliphatic carboxylic acids is 1. The van der Waals surface area contributed by atoms with Crippen molar-refractivity contribution in [3.8, 4) is 0 Å². The molecule has 0 aliphatic heterocycles. The molecule has 0 aromatic carbocycles. The lowest BCUT2D eigenvalue weighted by Gasteiger charge is -2.36. The maximum Gasteiger partial charge on any atom is 0.329 e. The third-order valence-electron chi connectivity index (χ3n) is 4.91. The molecular formula is C16H24ClN3O2. The van der Waals surface area contributed by atoms with Crippen LogP contribution in [0.25, 0.3) is 0 Å². The van der Waals surface area contributed by atoms with Crippen LogP contribution in [-0.2, 0) is 17.6 Å². The highest BCUT2D eigenvalue weighted by atomic mass is 35.5. The fourth-order valence-electron chi connectivity index (χ4n) is 2.80. The van der Waals surface area contributed by atoms with Gasteiger partial charge in [0.1, 0.15) is 10.7 Å². The number of aryl methyl sites for hydroxylation is 1. The number of halogens is 1. The number of carboxylic acids is 1. The molecule has 1 heterocycles. The first-order valence-electron chi connectivity index (χ1n) is 7.63. The van der Waals surface area contributed by atoms with Gasteiger partial charge < -0.3 is 10.0 Å². The van der Waals surface area contributed by atoms with Gasteiger partial charge in [0, 0.05) is 12.6 Å². The lowest BCUT2D eigenvalue weighted by Crippen LogP contribution is -2.51. The van der Waals surface area contributed by atoms with Crippen molar-refractivity contribution < 1.29 is 9.90 Å². The molecule has 2 rings (SSSR count). The van der Waals surface area contributed by atoms with Gasteiger partial charge in [-0.3, -0.25) is 0 Å². The van der Waals surface area contributed by atoms with Crippen LogP contribution in [-0.4, -0.2) is 33.6 Å². The van der Waals surface area contributed by atoms with Crippen molar-refractivity contribution >= 4 is 23.5 Å². The maximum absolute atomic E-state index is 11.6. The third kappa shape index (κ3) is 2.91. The zero-order valence-electron chi connectivity index (χ0n) is 13.9. The van der Waals surface area contributed by atoms with Gasteiger partial charge in [0.15, 0.2) is 0 Å². The fraction of sp³-hybridized carbons (Fsp3) is 0.688. The van der Waals surface area contributed by atoms with Crippen LogP contribution in [0.1, 0.15) is 51.8 Å². The number of likely N-dealkylation sites (N-methyl/N-ethyl adjacent to an activating group) is 1. The first-order chi connectivity index (χ1) is 10.1. The number of hydrogen-bond donors (Lipinski definition) is 1. The normalized spacial score (nSPS) is 19.2. The molecule has 1 N–H and O–H groups in total. The van der Waals surface area contributed by atoms with E-state index in [1.807, 2.05) is 6.92 Å². The van der Waals surface area contributed by atoms with Crippen LogP contribution in [0.4, 0.5) is 5.95 Å². The smallest absolute Gasteiger partial charge is 0.329 e. The van der Waals surface area contributed by atoms with Crippen LogP contribution in [0.15, 0.2) is 0 Å². The van der Waals surface area contributed by atoms with E-state index in [2.05, 4.69) is 23.8 Å². The standard InChI is InChI=1S/C16H24ClN3O2/c1-6-16(4,13(21)22)20(5)14-18-11-7-8-15(2,3)9-10(11)12(17)19-14/h6-9H2,1-5H3,(H,21,22). The molecular weight excluding hydrogens is 302 g/mol. The average Bonchev–Trinajstić information content (AvgIpc) is 2.45. The highest BCUT2D eigenvalue weighted by molar-refractivity contribution is 6.30. The number of carbonyl (C=O) groups is 1. The van der Waals surface area contributed by atoms with Crippen molar-refractivity contribution in [1.29, 1.82) is 0 Å². The predicted octanol–water partition coefficient (Wildman–Crippen LogP) is 3.33. The molecule has 0 saturated heterocycles. The number of aromatic nitrogens is 2. The van der Waals surface area contributed by atoms with Crippen LogP contribution in [0.5, 0.6) is 0 Å². The topological polar surface area (TPSA) is 66.3 Å². The Morgan fingerprint density at radius 1 is 1.45 bits per heavy atom. The molecule has 1 aromatic heterocycles. The number of hydrogen-bond acceptors (Lipinski definition) is 4. The summed E-state index contributed by atoms with van der Waals surface area (Å²) in [5, 5.41) is 9.96. The van der Waals surface area contributed by atoms with Gasteiger partial charge in [-0.05, 0) is 38.0 Å². The lowest BCUT2D eigenvalue weighted by molar-refractivity contribution is -0.142. The molecule has 6 heteroatoms. The first kappa shape index (κ1) is 17.0. The Balaban J connectivity index is 2.43. The molecule has 0 saturated carbocycles. The zero-order chi connectivity index (χ0) is 16.7. The van der Waals surface area contributed by atoms with Crippen LogP contribution in [0.2, 0.25) is 5.15 Å². The van der Waals surface area contributed by atoms with E-state index in [9.17, 15) is 9.90 Å². The zero-order valence-corrected chi connectivity index (χ0v) is 14.7. The highest BCUT2D eigenvalue weighted by Gasteiger charge is 2.38. The lowest BCUT2D eigenvalue weighted by atomic mass is 9.76. The van der Waals surface area contributed by atoms with Crippen LogP contribution in [0.3, 0.4) is 0 Å². The maximum atomic E-state index is 11.6. The predicted molar refractivity (Wildman–Crippen MR) is 87.6 cm³/mol. The average molecular weight is 326 g/mol. The molecule has 0 fully saturated rings. The summed E-state index contributed by atoms with van der Waals surface area (Å²) in [7, 11) is 1.71. The SMILES string of the molecule is CCC(C)(C(=O)O)N(C)c1nc(Cl)c2c(n1)CCC(C)(C)C2. The summed E-state index contributed by atoms with van der Waals surface area (Å²) in [5.74, 6) is -0.508. The quantitative estimate of drug-likeness (QED) is 0.860. The van der Waals surface area contributed by atoms with Gasteiger partial charge >= 0.3 is 5.97 Å². The van der Waals surface area contributed by atoms with Crippen LogP contribution in [0, 0.1) is 5.41 Å². The van der Waals surface area contributed by atoms with E-state index in [0.717, 1.165) is 30.5 Å². The highest BCUT2D eigenvalue weighted by Crippen LogP contribution is 2.37. The number of nitrogens with zero attached hydrogens (tertiary/aromatic N) is 3. The molecule has 0 bridgehead atoms. The van der Waals surface area contributed by atoms with Gasteiger partial charge in [0.05, 0.1) is 5.69 Å². The minimum atomic E-state index is -1.05. The molecule has 22 heavy (non-hydrogen) atoms. The number of anilines is 1. The van der Waals surface area contributed by atoms with Gasteiger partial charge in [0.25, 0.3) is 0 Å². The summed E-state index contributed by atoms with van der Waals surface area (Å²) >= 11 is 6.37. The van der Waals surface area contributed by atoms with Crippen molar-refractivity contribution in [2.24, 2.45) is 5.41 Å². The van der Waals surface area contributed by atoms with Crippen molar-refractivity contribution in [3.63, 3.8) is 0 Å². The van der Waals surface area contributed by atoms with Crippen molar-refractivity contribution in [2.75, 3.05) is 11.9 Å². The van der Waals surface area contributed by atoms with E-state index < -0.39 is 11.5 Å². The summed E-state index contributed by atoms with van der Waals surface area (Å²) in [6.45, 7) is 7.94. The van der Waals surface area contributed by atoms with Crippen LogP contribution < -0.4 is 4.90 Å². The van der Waals surface area contributed by atoms with E-state index in [4.69, 9.17) is 11.6 Å². The molecule has 0 radical (unpaired) electrons. The van der Waals surface area contributed by atoms with E-state index >= 15 is 0 Å². The van der Waals surface area contributed by atoms with E-state index in [-0.39, 0.29) is 5.41 Å². The summed E-state index contributed by atoms with van der Waals surface area (Å²) in [4.78, 5) is 22.2. The Hall–Kier alpha value is -1.36. The molecule has 1 atom stereocenters. The Labute approximate surface area is 136 Å². The molecule has 1 aromatic rings. The van der Waals surface area contributed by atoms with E-state index in [0.29, 0.717) is 17.5 Å². The molecule has 122 valence electrons. The Morgan fingerprint density at radius 3 is 2.64 bits per heavy atom. The molecule has 1 unspecified atom stereocenters. The van der Waals surface area contributed by atoms with Crippen molar-refractivity contribution in [1.82, 2.24) is 9.97 Å². The van der Waals surface area contributed by atoms with Gasteiger partial charge in [-0.1, -0.05) is 32.4 Å². The van der Waals surface area contributed by atoms with Crippen molar-refractivity contribution in [2.45, 2.75) is 58.9 Å². The molecule has 5 nitrogen and oxygen atoms in total. The van der Waals surface area contributed by atoms with Gasteiger partial charge in [0.2, 0.25) is 5.95 Å². The summed E-state index contributed by atoms with van der Waals surface area (Å²) < 4.78 is 0. The number of fused-ring (bicyclic) bond motifs is 1. The Bertz CT molecular complexity index is 603. The van der Waals surface area contributed by atoms with Gasteiger partial charge in [-0.15, -0.1) is 0 Å². The molecule has 0 amide bonds. The number of carboxylic acid groups (broad SMARTS) is 1. The monoisotopic (exact) mass is 325 g/mol. The van der Waals surface area contributed by atoms with E-state index in [1.54, 1.807) is 18.9 Å². The number of rotatable bonds is 4. The van der Waals surface area contributed by atoms with Crippen LogP contribution >= 0.6 is 11.6 Å². The fourth-order valence-corrected chi connectivity index (χ4v) is 3.05. The van der Waals surface area contributed by atoms with Gasteiger partial charge in [-0.2, -0.15) is 0 Å². The second-order valence-electron chi connectivity index (χ2n) is 7.07. The largest absolute Gasteiger partial charge is 0.480 e. The second kappa shape index (κ2) is 5.69. The Morgan fingerprint density at radius 2 is 2.09 bits per heavy atom. The minimum Gasteiger partial charge on any atom is -0.480 e. The third-order valence-corrected chi connectivity index (χ3v) is 5.23. The molecule has 1 aliphatic rings. The molecule has 1 aliphatic carbocycles. The van der Waals surface area contributed by atoms with E-state index in [1.165, 1.54) is 0 Å².